The van der Waals surface area contributed by atoms with E-state index in [9.17, 15) is 5.11 Å². The fourth-order valence-electron chi connectivity index (χ4n) is 2.06. The lowest BCUT2D eigenvalue weighted by molar-refractivity contribution is 0.257. The standard InChI is InChI=1S/C17H20O3/c1-12-4-5-13(2)15(8-12)11-20-17-7-6-16(19-3)9-14(17)10-18/h4-9,18H,10-11H2,1-3H3. The summed E-state index contributed by atoms with van der Waals surface area (Å²) in [6, 6.07) is 11.8. The van der Waals surface area contributed by atoms with Crippen LogP contribution in [0, 0.1) is 13.8 Å². The molecule has 0 heterocycles. The maximum Gasteiger partial charge on any atom is 0.125 e. The molecule has 0 aliphatic rings. The van der Waals surface area contributed by atoms with Gasteiger partial charge in [-0.2, -0.15) is 0 Å². The fraction of sp³-hybridized carbons (Fsp3) is 0.294. The van der Waals surface area contributed by atoms with Crippen LogP contribution in [0.4, 0.5) is 0 Å². The summed E-state index contributed by atoms with van der Waals surface area (Å²) >= 11 is 0. The van der Waals surface area contributed by atoms with Gasteiger partial charge in [0.1, 0.15) is 18.1 Å². The molecule has 0 saturated heterocycles. The van der Waals surface area contributed by atoms with Gasteiger partial charge in [0.15, 0.2) is 0 Å². The molecule has 2 aromatic carbocycles. The van der Waals surface area contributed by atoms with Crippen molar-refractivity contribution in [3.8, 4) is 11.5 Å². The second-order valence-corrected chi connectivity index (χ2v) is 4.85. The van der Waals surface area contributed by atoms with Gasteiger partial charge >= 0.3 is 0 Å². The Balaban J connectivity index is 2.16. The van der Waals surface area contributed by atoms with Crippen LogP contribution in [0.1, 0.15) is 22.3 Å². The lowest BCUT2D eigenvalue weighted by Gasteiger charge is -2.13. The Hall–Kier alpha value is -2.00. The van der Waals surface area contributed by atoms with Crippen LogP contribution in [0.2, 0.25) is 0 Å². The highest BCUT2D eigenvalue weighted by molar-refractivity contribution is 5.40. The molecule has 0 aliphatic heterocycles. The van der Waals surface area contributed by atoms with Crippen molar-refractivity contribution in [3.05, 3.63) is 58.7 Å². The number of aliphatic hydroxyl groups excluding tert-OH is 1. The third kappa shape index (κ3) is 3.31. The highest BCUT2D eigenvalue weighted by Gasteiger charge is 2.06. The van der Waals surface area contributed by atoms with Crippen LogP contribution < -0.4 is 9.47 Å². The first-order valence-electron chi connectivity index (χ1n) is 6.60. The molecule has 0 radical (unpaired) electrons. The molecule has 0 unspecified atom stereocenters. The first-order valence-corrected chi connectivity index (χ1v) is 6.60. The van der Waals surface area contributed by atoms with Gasteiger partial charge in [-0.1, -0.05) is 23.8 Å². The minimum absolute atomic E-state index is 0.0701. The summed E-state index contributed by atoms with van der Waals surface area (Å²) in [6.07, 6.45) is 0. The van der Waals surface area contributed by atoms with Crippen molar-refractivity contribution < 1.29 is 14.6 Å². The van der Waals surface area contributed by atoms with E-state index in [0.717, 1.165) is 11.1 Å². The zero-order valence-corrected chi connectivity index (χ0v) is 12.1. The molecule has 0 atom stereocenters. The number of rotatable bonds is 5. The van der Waals surface area contributed by atoms with Crippen molar-refractivity contribution in [2.75, 3.05) is 7.11 Å². The fourth-order valence-corrected chi connectivity index (χ4v) is 2.06. The summed E-state index contributed by atoms with van der Waals surface area (Å²) < 4.78 is 11.0. The molecule has 3 nitrogen and oxygen atoms in total. The van der Waals surface area contributed by atoms with E-state index in [0.29, 0.717) is 18.1 Å². The Kier molecular flexibility index (Phi) is 4.64. The zero-order valence-electron chi connectivity index (χ0n) is 12.1. The molecular weight excluding hydrogens is 252 g/mol. The molecule has 0 fully saturated rings. The van der Waals surface area contributed by atoms with E-state index in [1.54, 1.807) is 13.2 Å². The van der Waals surface area contributed by atoms with E-state index in [1.807, 2.05) is 12.1 Å². The number of aliphatic hydroxyl groups is 1. The van der Waals surface area contributed by atoms with Crippen molar-refractivity contribution in [3.63, 3.8) is 0 Å². The Morgan fingerprint density at radius 2 is 1.80 bits per heavy atom. The van der Waals surface area contributed by atoms with Gasteiger partial charge in [-0.15, -0.1) is 0 Å². The summed E-state index contributed by atoms with van der Waals surface area (Å²) in [5.41, 5.74) is 4.31. The number of hydrogen-bond acceptors (Lipinski definition) is 3. The smallest absolute Gasteiger partial charge is 0.125 e. The van der Waals surface area contributed by atoms with Gasteiger partial charge in [0.25, 0.3) is 0 Å². The Bertz CT molecular complexity index is 591. The lowest BCUT2D eigenvalue weighted by Crippen LogP contribution is -2.01. The normalized spacial score (nSPS) is 10.4. The van der Waals surface area contributed by atoms with E-state index in [-0.39, 0.29) is 6.61 Å². The van der Waals surface area contributed by atoms with Crippen LogP contribution in [0.15, 0.2) is 36.4 Å². The summed E-state index contributed by atoms with van der Waals surface area (Å²) in [7, 11) is 1.60. The topological polar surface area (TPSA) is 38.7 Å². The molecule has 20 heavy (non-hydrogen) atoms. The SMILES string of the molecule is COc1ccc(OCc2cc(C)ccc2C)c(CO)c1. The average Bonchev–Trinajstić information content (AvgIpc) is 2.48. The number of methoxy groups -OCH3 is 1. The summed E-state index contributed by atoms with van der Waals surface area (Å²) in [4.78, 5) is 0. The lowest BCUT2D eigenvalue weighted by atomic mass is 10.1. The number of benzene rings is 2. The van der Waals surface area contributed by atoms with Crippen LogP contribution in [-0.4, -0.2) is 12.2 Å². The van der Waals surface area contributed by atoms with Crippen LogP contribution in [0.3, 0.4) is 0 Å². The first-order chi connectivity index (χ1) is 9.63. The van der Waals surface area contributed by atoms with E-state index < -0.39 is 0 Å². The molecule has 0 spiro atoms. The molecule has 1 N–H and O–H groups in total. The summed E-state index contributed by atoms with van der Waals surface area (Å²) in [6.45, 7) is 4.56. The molecule has 0 bridgehead atoms. The van der Waals surface area contributed by atoms with Crippen LogP contribution in [-0.2, 0) is 13.2 Å². The Labute approximate surface area is 119 Å². The van der Waals surface area contributed by atoms with Crippen molar-refractivity contribution in [2.45, 2.75) is 27.1 Å². The minimum Gasteiger partial charge on any atom is -0.497 e. The minimum atomic E-state index is -0.0701. The van der Waals surface area contributed by atoms with Gasteiger partial charge in [-0.05, 0) is 43.2 Å². The van der Waals surface area contributed by atoms with Gasteiger partial charge in [-0.25, -0.2) is 0 Å². The Morgan fingerprint density at radius 3 is 2.50 bits per heavy atom. The number of hydrogen-bond donors (Lipinski definition) is 1. The van der Waals surface area contributed by atoms with Crippen molar-refractivity contribution in [2.24, 2.45) is 0 Å². The van der Waals surface area contributed by atoms with Crippen molar-refractivity contribution >= 4 is 0 Å². The summed E-state index contributed by atoms with van der Waals surface area (Å²) in [5, 5.41) is 9.40. The monoisotopic (exact) mass is 272 g/mol. The molecule has 0 saturated carbocycles. The molecule has 3 heteroatoms. The molecule has 2 rings (SSSR count). The van der Waals surface area contributed by atoms with Crippen LogP contribution in [0.25, 0.3) is 0 Å². The molecule has 0 amide bonds. The maximum atomic E-state index is 9.40. The van der Waals surface area contributed by atoms with Gasteiger partial charge < -0.3 is 14.6 Å². The third-order valence-corrected chi connectivity index (χ3v) is 3.33. The highest BCUT2D eigenvalue weighted by Crippen LogP contribution is 2.25. The summed E-state index contributed by atoms with van der Waals surface area (Å²) in [5.74, 6) is 1.40. The largest absolute Gasteiger partial charge is 0.497 e. The van der Waals surface area contributed by atoms with E-state index in [2.05, 4.69) is 32.0 Å². The van der Waals surface area contributed by atoms with Gasteiger partial charge in [0.05, 0.1) is 13.7 Å². The molecule has 0 aliphatic carbocycles. The van der Waals surface area contributed by atoms with Gasteiger partial charge in [-0.3, -0.25) is 0 Å². The third-order valence-electron chi connectivity index (χ3n) is 3.33. The second-order valence-electron chi connectivity index (χ2n) is 4.85. The average molecular weight is 272 g/mol. The highest BCUT2D eigenvalue weighted by atomic mass is 16.5. The number of ether oxygens (including phenoxy) is 2. The first kappa shape index (κ1) is 14.4. The molecular formula is C17H20O3. The molecule has 0 aromatic heterocycles. The maximum absolute atomic E-state index is 9.40. The van der Waals surface area contributed by atoms with Gasteiger partial charge in [0.2, 0.25) is 0 Å². The molecule has 2 aromatic rings. The van der Waals surface area contributed by atoms with Crippen LogP contribution in [0.5, 0.6) is 11.5 Å². The van der Waals surface area contributed by atoms with E-state index >= 15 is 0 Å². The van der Waals surface area contributed by atoms with Gasteiger partial charge in [0, 0.05) is 5.56 Å². The van der Waals surface area contributed by atoms with Crippen molar-refractivity contribution in [1.82, 2.24) is 0 Å². The van der Waals surface area contributed by atoms with Crippen LogP contribution >= 0.6 is 0 Å². The number of aryl methyl sites for hydroxylation is 2. The molecule has 106 valence electrons. The van der Waals surface area contributed by atoms with E-state index in [1.165, 1.54) is 11.1 Å². The second kappa shape index (κ2) is 6.44. The predicted molar refractivity (Wildman–Crippen MR) is 79.2 cm³/mol. The quantitative estimate of drug-likeness (QED) is 0.906. The van der Waals surface area contributed by atoms with E-state index in [4.69, 9.17) is 9.47 Å². The Morgan fingerprint density at radius 1 is 1.00 bits per heavy atom. The zero-order chi connectivity index (χ0) is 14.5. The predicted octanol–water partition coefficient (Wildman–Crippen LogP) is 3.38. The van der Waals surface area contributed by atoms with Crippen molar-refractivity contribution in [1.29, 1.82) is 0 Å².